The lowest BCUT2D eigenvalue weighted by Crippen LogP contribution is -2.20. The van der Waals surface area contributed by atoms with Crippen LogP contribution in [-0.2, 0) is 9.59 Å². The molecule has 0 atom stereocenters. The van der Waals surface area contributed by atoms with Crippen molar-refractivity contribution in [3.05, 3.63) is 0 Å². The van der Waals surface area contributed by atoms with Crippen LogP contribution in [0.3, 0.4) is 0 Å². The third-order valence-corrected chi connectivity index (χ3v) is 2.71. The van der Waals surface area contributed by atoms with Crippen molar-refractivity contribution < 1.29 is 9.59 Å². The van der Waals surface area contributed by atoms with Gasteiger partial charge in [0.25, 0.3) is 0 Å². The normalized spacial score (nSPS) is 10.6. The van der Waals surface area contributed by atoms with Gasteiger partial charge >= 0.3 is 0 Å². The van der Waals surface area contributed by atoms with Crippen LogP contribution in [-0.4, -0.2) is 30.7 Å². The number of rotatable bonds is 8. The molecule has 0 aliphatic heterocycles. The lowest BCUT2D eigenvalue weighted by molar-refractivity contribution is -0.128. The van der Waals surface area contributed by atoms with E-state index in [0.717, 1.165) is 25.7 Å². The average molecular weight is 227 g/mol. The number of carbonyl (C=O) groups excluding carboxylic acids is 2. The molecule has 0 bridgehead atoms. The molecule has 0 heterocycles. The van der Waals surface area contributed by atoms with Crippen LogP contribution in [0.2, 0.25) is 0 Å². The van der Waals surface area contributed by atoms with Gasteiger partial charge in [-0.05, 0) is 12.8 Å². The summed E-state index contributed by atoms with van der Waals surface area (Å²) >= 11 is 0. The monoisotopic (exact) mass is 227 g/mol. The Kier molecular flexibility index (Phi) is 7.86. The fraction of sp³-hybridized carbons (Fsp3) is 0.846. The van der Waals surface area contributed by atoms with Crippen LogP contribution in [0.1, 0.15) is 52.4 Å². The molecule has 0 aromatic rings. The lowest BCUT2D eigenvalue weighted by Gasteiger charge is -2.09. The Bertz CT molecular complexity index is 198. The molecule has 0 unspecified atom stereocenters. The summed E-state index contributed by atoms with van der Waals surface area (Å²) in [5, 5.41) is 0. The molecular formula is C13H25NO2. The number of unbranched alkanes of at least 4 members (excludes halogenated alkanes) is 3. The second-order valence-electron chi connectivity index (χ2n) is 4.82. The van der Waals surface area contributed by atoms with E-state index in [9.17, 15) is 9.59 Å². The van der Waals surface area contributed by atoms with E-state index in [-0.39, 0.29) is 11.8 Å². The predicted octanol–water partition coefficient (Wildman–Crippen LogP) is 2.64. The van der Waals surface area contributed by atoms with Gasteiger partial charge in [0, 0.05) is 32.9 Å². The van der Waals surface area contributed by atoms with Crippen LogP contribution in [0.15, 0.2) is 0 Å². The Morgan fingerprint density at radius 1 is 0.938 bits per heavy atom. The van der Waals surface area contributed by atoms with Crippen LogP contribution < -0.4 is 0 Å². The molecular weight excluding hydrogens is 202 g/mol. The van der Waals surface area contributed by atoms with Crippen molar-refractivity contribution in [1.29, 1.82) is 0 Å². The quantitative estimate of drug-likeness (QED) is 0.598. The van der Waals surface area contributed by atoms with Gasteiger partial charge in [0.15, 0.2) is 0 Å². The summed E-state index contributed by atoms with van der Waals surface area (Å²) in [6.07, 6.45) is 5.33. The van der Waals surface area contributed by atoms with E-state index in [1.54, 1.807) is 19.0 Å². The summed E-state index contributed by atoms with van der Waals surface area (Å²) in [5.74, 6) is 0.706. The third-order valence-electron chi connectivity index (χ3n) is 2.71. The number of hydrogen-bond donors (Lipinski definition) is 0. The van der Waals surface area contributed by atoms with Gasteiger partial charge < -0.3 is 4.90 Å². The SMILES string of the molecule is CC(C)C(=O)CCCCCCC(=O)N(C)C. The molecule has 0 saturated heterocycles. The zero-order chi connectivity index (χ0) is 12.6. The maximum Gasteiger partial charge on any atom is 0.222 e. The molecule has 0 rings (SSSR count). The molecule has 0 saturated carbocycles. The minimum atomic E-state index is 0.162. The van der Waals surface area contributed by atoms with Crippen molar-refractivity contribution in [2.24, 2.45) is 5.92 Å². The van der Waals surface area contributed by atoms with Crippen molar-refractivity contribution in [2.45, 2.75) is 52.4 Å². The van der Waals surface area contributed by atoms with E-state index in [4.69, 9.17) is 0 Å². The third kappa shape index (κ3) is 7.43. The summed E-state index contributed by atoms with van der Waals surface area (Å²) in [6, 6.07) is 0. The summed E-state index contributed by atoms with van der Waals surface area (Å²) in [7, 11) is 3.56. The van der Waals surface area contributed by atoms with E-state index in [1.165, 1.54) is 0 Å². The Labute approximate surface area is 99.2 Å². The highest BCUT2D eigenvalue weighted by atomic mass is 16.2. The summed E-state index contributed by atoms with van der Waals surface area (Å²) < 4.78 is 0. The fourth-order valence-electron chi connectivity index (χ4n) is 1.44. The van der Waals surface area contributed by atoms with Crippen LogP contribution in [0.4, 0.5) is 0 Å². The van der Waals surface area contributed by atoms with E-state index >= 15 is 0 Å². The second kappa shape index (κ2) is 8.31. The van der Waals surface area contributed by atoms with Gasteiger partial charge in [0.1, 0.15) is 5.78 Å². The molecule has 0 aliphatic rings. The smallest absolute Gasteiger partial charge is 0.222 e. The Morgan fingerprint density at radius 2 is 1.44 bits per heavy atom. The number of nitrogens with zero attached hydrogens (tertiary/aromatic N) is 1. The first-order valence-corrected chi connectivity index (χ1v) is 6.18. The zero-order valence-corrected chi connectivity index (χ0v) is 11.1. The largest absolute Gasteiger partial charge is 0.349 e. The minimum absolute atomic E-state index is 0.162. The lowest BCUT2D eigenvalue weighted by atomic mass is 10.0. The fourth-order valence-corrected chi connectivity index (χ4v) is 1.44. The van der Waals surface area contributed by atoms with Crippen molar-refractivity contribution in [3.8, 4) is 0 Å². The van der Waals surface area contributed by atoms with Gasteiger partial charge in [-0.25, -0.2) is 0 Å². The van der Waals surface area contributed by atoms with E-state index < -0.39 is 0 Å². The summed E-state index contributed by atoms with van der Waals surface area (Å²) in [6.45, 7) is 3.89. The molecule has 3 heteroatoms. The van der Waals surface area contributed by atoms with E-state index in [0.29, 0.717) is 18.6 Å². The van der Waals surface area contributed by atoms with Gasteiger partial charge in [-0.2, -0.15) is 0 Å². The van der Waals surface area contributed by atoms with Crippen molar-refractivity contribution in [1.82, 2.24) is 4.90 Å². The van der Waals surface area contributed by atoms with Gasteiger partial charge in [-0.1, -0.05) is 26.7 Å². The molecule has 0 N–H and O–H groups in total. The molecule has 0 fully saturated rings. The van der Waals surface area contributed by atoms with Crippen LogP contribution in [0.5, 0.6) is 0 Å². The number of ketones is 1. The van der Waals surface area contributed by atoms with Gasteiger partial charge in [-0.15, -0.1) is 0 Å². The van der Waals surface area contributed by atoms with Gasteiger partial charge in [-0.3, -0.25) is 9.59 Å². The summed E-state index contributed by atoms with van der Waals surface area (Å²) in [4.78, 5) is 24.2. The topological polar surface area (TPSA) is 37.4 Å². The molecule has 1 amide bonds. The second-order valence-corrected chi connectivity index (χ2v) is 4.82. The molecule has 0 aromatic heterocycles. The first-order valence-electron chi connectivity index (χ1n) is 6.18. The molecule has 0 spiro atoms. The number of Topliss-reactive ketones (excluding diaryl/α,β-unsaturated/α-hetero) is 1. The van der Waals surface area contributed by atoms with Gasteiger partial charge in [0.05, 0.1) is 0 Å². The van der Waals surface area contributed by atoms with Crippen molar-refractivity contribution in [2.75, 3.05) is 14.1 Å². The average Bonchev–Trinajstić information content (AvgIpc) is 2.21. The summed E-state index contributed by atoms with van der Waals surface area (Å²) in [5.41, 5.74) is 0. The number of amides is 1. The Morgan fingerprint density at radius 3 is 1.88 bits per heavy atom. The highest BCUT2D eigenvalue weighted by Gasteiger charge is 2.06. The maximum absolute atomic E-state index is 11.3. The van der Waals surface area contributed by atoms with Crippen molar-refractivity contribution >= 4 is 11.7 Å². The highest BCUT2D eigenvalue weighted by Crippen LogP contribution is 2.09. The van der Waals surface area contributed by atoms with Crippen molar-refractivity contribution in [3.63, 3.8) is 0 Å². The number of carbonyl (C=O) groups is 2. The first kappa shape index (κ1) is 15.1. The Hall–Kier alpha value is -0.860. The molecule has 0 radical (unpaired) electrons. The zero-order valence-electron chi connectivity index (χ0n) is 11.1. The number of hydrogen-bond acceptors (Lipinski definition) is 2. The van der Waals surface area contributed by atoms with E-state index in [2.05, 4.69) is 0 Å². The predicted molar refractivity (Wildman–Crippen MR) is 66.2 cm³/mol. The maximum atomic E-state index is 11.3. The minimum Gasteiger partial charge on any atom is -0.349 e. The molecule has 3 nitrogen and oxygen atoms in total. The standard InChI is InChI=1S/C13H25NO2/c1-11(2)12(15)9-7-5-6-8-10-13(16)14(3)4/h11H,5-10H2,1-4H3. The van der Waals surface area contributed by atoms with Crippen LogP contribution in [0, 0.1) is 5.92 Å². The molecule has 0 aliphatic carbocycles. The van der Waals surface area contributed by atoms with Crippen LogP contribution >= 0.6 is 0 Å². The molecule has 94 valence electrons. The van der Waals surface area contributed by atoms with Gasteiger partial charge in [0.2, 0.25) is 5.91 Å². The molecule has 16 heavy (non-hydrogen) atoms. The molecule has 0 aromatic carbocycles. The van der Waals surface area contributed by atoms with E-state index in [1.807, 2.05) is 13.8 Å². The Balaban J connectivity index is 3.35. The highest BCUT2D eigenvalue weighted by molar-refractivity contribution is 5.80. The van der Waals surface area contributed by atoms with Crippen LogP contribution in [0.25, 0.3) is 0 Å². The first-order chi connectivity index (χ1) is 7.45.